The highest BCUT2D eigenvalue weighted by molar-refractivity contribution is 5.91. The monoisotopic (exact) mass is 287 g/mol. The van der Waals surface area contributed by atoms with Gasteiger partial charge in [0.05, 0.1) is 18.0 Å². The second kappa shape index (κ2) is 7.99. The highest BCUT2D eigenvalue weighted by Gasteiger charge is 2.16. The smallest absolute Gasteiger partial charge is 0.341 e. The molecule has 0 fully saturated rings. The number of carbonyl (C=O) groups excluding carboxylic acids is 1. The van der Waals surface area contributed by atoms with Crippen molar-refractivity contribution in [3.8, 4) is 0 Å². The molecule has 1 aromatic rings. The minimum atomic E-state index is -0.388. The van der Waals surface area contributed by atoms with Crippen molar-refractivity contribution in [3.63, 3.8) is 0 Å². The zero-order valence-electron chi connectivity index (χ0n) is 12.8. The quantitative estimate of drug-likeness (QED) is 0.617. The molecule has 0 radical (unpaired) electrons. The molecule has 0 aliphatic heterocycles. The molecule has 0 aliphatic rings. The minimum absolute atomic E-state index is 0.329. The molecule has 0 spiro atoms. The van der Waals surface area contributed by atoms with E-state index in [1.54, 1.807) is 26.8 Å². The third-order valence-corrected chi connectivity index (χ3v) is 2.72. The molecule has 1 N–H and O–H groups in total. The fourth-order valence-corrected chi connectivity index (χ4v) is 1.72. The van der Waals surface area contributed by atoms with Crippen LogP contribution in [0.3, 0.4) is 0 Å². The van der Waals surface area contributed by atoms with Crippen LogP contribution in [0.2, 0.25) is 0 Å². The fraction of sp³-hybridized carbons (Fsp3) is 0.312. The number of allylic oxidation sites excluding steroid dienone is 3. The summed E-state index contributed by atoms with van der Waals surface area (Å²) in [6, 6.07) is 0. The molecule has 112 valence electrons. The number of aromatic nitrogens is 2. The first-order valence-corrected chi connectivity index (χ1v) is 6.73. The summed E-state index contributed by atoms with van der Waals surface area (Å²) in [5.41, 5.74) is 2.46. The second-order valence-electron chi connectivity index (χ2n) is 4.38. The van der Waals surface area contributed by atoms with E-state index >= 15 is 0 Å². The van der Waals surface area contributed by atoms with Crippen molar-refractivity contribution in [2.75, 3.05) is 18.5 Å². The lowest BCUT2D eigenvalue weighted by Gasteiger charge is -2.10. The molecule has 1 rings (SSSR count). The Kier molecular flexibility index (Phi) is 6.33. The summed E-state index contributed by atoms with van der Waals surface area (Å²) in [7, 11) is 0. The van der Waals surface area contributed by atoms with Gasteiger partial charge in [-0.1, -0.05) is 31.4 Å². The minimum Gasteiger partial charge on any atom is -0.462 e. The lowest BCUT2D eigenvalue weighted by atomic mass is 10.2. The summed E-state index contributed by atoms with van der Waals surface area (Å²) < 4.78 is 5.00. The lowest BCUT2D eigenvalue weighted by Crippen LogP contribution is -2.14. The predicted octanol–water partition coefficient (Wildman–Crippen LogP) is 2.98. The molecule has 0 unspecified atom stereocenters. The summed E-state index contributed by atoms with van der Waals surface area (Å²) in [6.45, 7) is 13.6. The Hall–Kier alpha value is -2.43. The molecular weight excluding hydrogens is 266 g/mol. The first-order chi connectivity index (χ1) is 9.99. The van der Waals surface area contributed by atoms with Crippen LogP contribution in [0.15, 0.2) is 37.0 Å². The van der Waals surface area contributed by atoms with Crippen LogP contribution < -0.4 is 5.32 Å². The molecule has 0 saturated carbocycles. The summed E-state index contributed by atoms with van der Waals surface area (Å²) >= 11 is 0. The molecule has 0 amide bonds. The van der Waals surface area contributed by atoms with Crippen LogP contribution in [0.4, 0.5) is 5.95 Å². The molecule has 1 heterocycles. The van der Waals surface area contributed by atoms with Gasteiger partial charge in [-0.2, -0.15) is 0 Å². The maximum absolute atomic E-state index is 11.8. The van der Waals surface area contributed by atoms with Crippen LogP contribution in [-0.4, -0.2) is 29.1 Å². The van der Waals surface area contributed by atoms with Crippen molar-refractivity contribution in [3.05, 3.63) is 53.9 Å². The van der Waals surface area contributed by atoms with E-state index in [1.807, 2.05) is 12.2 Å². The molecule has 0 atom stereocenters. The van der Waals surface area contributed by atoms with Gasteiger partial charge in [-0.05, 0) is 26.3 Å². The molecule has 0 aliphatic carbocycles. The molecule has 1 aromatic heterocycles. The van der Waals surface area contributed by atoms with Crippen molar-refractivity contribution in [1.82, 2.24) is 9.97 Å². The van der Waals surface area contributed by atoms with Gasteiger partial charge in [0.1, 0.15) is 5.56 Å². The van der Waals surface area contributed by atoms with Crippen molar-refractivity contribution in [1.29, 1.82) is 0 Å². The van der Waals surface area contributed by atoms with E-state index in [0.29, 0.717) is 36.1 Å². The number of carbonyl (C=O) groups is 1. The Labute approximate surface area is 125 Å². The van der Waals surface area contributed by atoms with Gasteiger partial charge in [0.25, 0.3) is 0 Å². The topological polar surface area (TPSA) is 64.1 Å². The normalized spacial score (nSPS) is 10.4. The van der Waals surface area contributed by atoms with Gasteiger partial charge in [-0.15, -0.1) is 0 Å². The molecular formula is C16H21N3O2. The number of rotatable bonds is 7. The van der Waals surface area contributed by atoms with Crippen molar-refractivity contribution in [2.45, 2.75) is 20.8 Å². The van der Waals surface area contributed by atoms with Crippen LogP contribution in [-0.2, 0) is 4.74 Å². The number of esters is 1. The number of ether oxygens (including phenoxy) is 1. The second-order valence-corrected chi connectivity index (χ2v) is 4.38. The van der Waals surface area contributed by atoms with Gasteiger partial charge in [-0.25, -0.2) is 14.8 Å². The molecule has 0 bridgehead atoms. The van der Waals surface area contributed by atoms with Crippen molar-refractivity contribution < 1.29 is 9.53 Å². The number of nitrogens with one attached hydrogen (secondary N) is 1. The van der Waals surface area contributed by atoms with Gasteiger partial charge in [0, 0.05) is 6.54 Å². The van der Waals surface area contributed by atoms with Crippen LogP contribution >= 0.6 is 0 Å². The number of hydrogen-bond acceptors (Lipinski definition) is 5. The summed E-state index contributed by atoms with van der Waals surface area (Å²) in [5.74, 6) is 0.0909. The Balaban J connectivity index is 2.79. The predicted molar refractivity (Wildman–Crippen MR) is 84.4 cm³/mol. The molecule has 0 aromatic carbocycles. The van der Waals surface area contributed by atoms with E-state index in [4.69, 9.17) is 4.74 Å². The van der Waals surface area contributed by atoms with E-state index in [1.165, 1.54) is 0 Å². The lowest BCUT2D eigenvalue weighted by molar-refractivity contribution is 0.0523. The first kappa shape index (κ1) is 16.6. The Bertz CT molecular complexity index is 554. The zero-order valence-corrected chi connectivity index (χ0v) is 12.8. The Morgan fingerprint density at radius 2 is 1.95 bits per heavy atom. The average Bonchev–Trinajstić information content (AvgIpc) is 2.42. The Morgan fingerprint density at radius 3 is 2.48 bits per heavy atom. The van der Waals surface area contributed by atoms with Crippen LogP contribution in [0.1, 0.15) is 28.7 Å². The van der Waals surface area contributed by atoms with E-state index in [-0.39, 0.29) is 5.97 Å². The number of hydrogen-bond donors (Lipinski definition) is 1. The van der Waals surface area contributed by atoms with Gasteiger partial charge >= 0.3 is 5.97 Å². The van der Waals surface area contributed by atoms with Gasteiger partial charge < -0.3 is 10.1 Å². The highest BCUT2D eigenvalue weighted by Crippen LogP contribution is 2.14. The molecule has 5 nitrogen and oxygen atoms in total. The van der Waals surface area contributed by atoms with E-state index in [9.17, 15) is 4.79 Å². The van der Waals surface area contributed by atoms with Crippen molar-refractivity contribution >= 4 is 11.9 Å². The van der Waals surface area contributed by atoms with E-state index in [2.05, 4.69) is 28.4 Å². The summed E-state index contributed by atoms with van der Waals surface area (Å²) in [4.78, 5) is 20.4. The molecule has 5 heteroatoms. The van der Waals surface area contributed by atoms with E-state index in [0.717, 1.165) is 5.57 Å². The number of anilines is 1. The largest absolute Gasteiger partial charge is 0.462 e. The summed E-state index contributed by atoms with van der Waals surface area (Å²) in [5, 5.41) is 3.07. The van der Waals surface area contributed by atoms with Gasteiger partial charge in [0.2, 0.25) is 5.95 Å². The molecule has 0 saturated heterocycles. The average molecular weight is 287 g/mol. The summed E-state index contributed by atoms with van der Waals surface area (Å²) in [6.07, 6.45) is 5.43. The zero-order chi connectivity index (χ0) is 15.8. The first-order valence-electron chi connectivity index (χ1n) is 6.73. The fourth-order valence-electron chi connectivity index (χ4n) is 1.72. The third-order valence-electron chi connectivity index (χ3n) is 2.72. The maximum atomic E-state index is 11.8. The van der Waals surface area contributed by atoms with Crippen molar-refractivity contribution in [2.24, 2.45) is 0 Å². The molecule has 21 heavy (non-hydrogen) atoms. The number of nitrogens with zero attached hydrogens (tertiary/aromatic N) is 2. The van der Waals surface area contributed by atoms with Gasteiger partial charge in [0.15, 0.2) is 0 Å². The van der Waals surface area contributed by atoms with Crippen LogP contribution in [0, 0.1) is 13.8 Å². The highest BCUT2D eigenvalue weighted by atomic mass is 16.5. The van der Waals surface area contributed by atoms with E-state index < -0.39 is 0 Å². The van der Waals surface area contributed by atoms with Crippen LogP contribution in [0.25, 0.3) is 0 Å². The SMILES string of the molecule is C=CC(=C)C=CCNc1nc(C)c(C(=O)OCC)c(C)n1. The maximum Gasteiger partial charge on any atom is 0.341 e. The standard InChI is InChI=1S/C16H21N3O2/c1-6-11(3)9-8-10-17-16-18-12(4)14(13(5)19-16)15(20)21-7-2/h6,8-9H,1,3,7,10H2,2,4-5H3,(H,17,18,19). The Morgan fingerprint density at radius 1 is 1.33 bits per heavy atom. The number of aryl methyl sites for hydroxylation is 2. The van der Waals surface area contributed by atoms with Gasteiger partial charge in [-0.3, -0.25) is 0 Å². The van der Waals surface area contributed by atoms with Crippen LogP contribution in [0.5, 0.6) is 0 Å². The third kappa shape index (κ3) is 4.87.